The minimum atomic E-state index is -0.559. The molecule has 0 aliphatic heterocycles. The normalized spacial score (nSPS) is 12.7. The van der Waals surface area contributed by atoms with Gasteiger partial charge in [0.1, 0.15) is 11.6 Å². The fourth-order valence-corrected chi connectivity index (χ4v) is 2.64. The molecular formula is C16H21F2N3. The van der Waals surface area contributed by atoms with Gasteiger partial charge in [0, 0.05) is 24.8 Å². The molecule has 2 aromatic rings. The zero-order valence-corrected chi connectivity index (χ0v) is 12.7. The van der Waals surface area contributed by atoms with Crippen LogP contribution in [-0.2, 0) is 19.9 Å². The molecular weight excluding hydrogens is 272 g/mol. The van der Waals surface area contributed by atoms with Crippen LogP contribution in [0, 0.1) is 25.5 Å². The lowest BCUT2D eigenvalue weighted by atomic mass is 9.99. The number of halogens is 2. The van der Waals surface area contributed by atoms with Crippen molar-refractivity contribution in [1.82, 2.24) is 9.78 Å². The lowest BCUT2D eigenvalue weighted by molar-refractivity contribution is 0.568. The van der Waals surface area contributed by atoms with E-state index in [4.69, 9.17) is 5.73 Å². The van der Waals surface area contributed by atoms with Gasteiger partial charge >= 0.3 is 0 Å². The molecule has 0 spiro atoms. The Morgan fingerprint density at radius 2 is 1.81 bits per heavy atom. The Hall–Kier alpha value is -1.75. The molecule has 2 rings (SSSR count). The molecule has 0 saturated heterocycles. The fourth-order valence-electron chi connectivity index (χ4n) is 2.64. The predicted octanol–water partition coefficient (Wildman–Crippen LogP) is 2.82. The van der Waals surface area contributed by atoms with E-state index in [-0.39, 0.29) is 6.04 Å². The third-order valence-electron chi connectivity index (χ3n) is 3.84. The molecule has 0 aliphatic carbocycles. The first-order valence-electron chi connectivity index (χ1n) is 7.06. The highest BCUT2D eigenvalue weighted by Gasteiger charge is 2.12. The van der Waals surface area contributed by atoms with Gasteiger partial charge in [-0.1, -0.05) is 0 Å². The molecule has 0 aliphatic rings. The molecule has 1 unspecified atom stereocenters. The van der Waals surface area contributed by atoms with Gasteiger partial charge < -0.3 is 5.73 Å². The Balaban J connectivity index is 1.97. The second kappa shape index (κ2) is 6.35. The molecule has 3 nitrogen and oxygen atoms in total. The summed E-state index contributed by atoms with van der Waals surface area (Å²) in [6.07, 6.45) is 2.04. The summed E-state index contributed by atoms with van der Waals surface area (Å²) < 4.78 is 28.2. The second-order valence-corrected chi connectivity index (χ2v) is 5.55. The second-order valence-electron chi connectivity index (χ2n) is 5.55. The maximum absolute atomic E-state index is 13.1. The van der Waals surface area contributed by atoms with Crippen molar-refractivity contribution in [2.45, 2.75) is 39.2 Å². The minimum absolute atomic E-state index is 0.134. The topological polar surface area (TPSA) is 43.8 Å². The first-order chi connectivity index (χ1) is 9.86. The molecule has 5 heteroatoms. The van der Waals surface area contributed by atoms with E-state index in [0.717, 1.165) is 30.3 Å². The number of hydrogen-bond donors (Lipinski definition) is 1. The van der Waals surface area contributed by atoms with Gasteiger partial charge in [-0.2, -0.15) is 5.10 Å². The lowest BCUT2D eigenvalue weighted by Crippen LogP contribution is -2.23. The van der Waals surface area contributed by atoms with Crippen LogP contribution in [0.1, 0.15) is 28.9 Å². The number of hydrogen-bond acceptors (Lipinski definition) is 2. The van der Waals surface area contributed by atoms with Gasteiger partial charge in [0.05, 0.1) is 5.69 Å². The molecule has 2 N–H and O–H groups in total. The summed E-state index contributed by atoms with van der Waals surface area (Å²) >= 11 is 0. The van der Waals surface area contributed by atoms with E-state index >= 15 is 0 Å². The van der Waals surface area contributed by atoms with Crippen LogP contribution in [-0.4, -0.2) is 15.8 Å². The maximum atomic E-state index is 13.1. The van der Waals surface area contributed by atoms with E-state index in [9.17, 15) is 8.78 Å². The molecule has 1 heterocycles. The van der Waals surface area contributed by atoms with Crippen molar-refractivity contribution in [2.75, 3.05) is 0 Å². The van der Waals surface area contributed by atoms with Crippen LogP contribution in [0.5, 0.6) is 0 Å². The summed E-state index contributed by atoms with van der Waals surface area (Å²) in [5, 5.41) is 4.37. The highest BCUT2D eigenvalue weighted by atomic mass is 19.1. The molecule has 0 bridgehead atoms. The quantitative estimate of drug-likeness (QED) is 0.921. The van der Waals surface area contributed by atoms with Gasteiger partial charge in [-0.15, -0.1) is 0 Å². The lowest BCUT2D eigenvalue weighted by Gasteiger charge is -2.12. The van der Waals surface area contributed by atoms with Crippen molar-refractivity contribution in [2.24, 2.45) is 12.8 Å². The fraction of sp³-hybridized carbons (Fsp3) is 0.438. The zero-order chi connectivity index (χ0) is 15.6. The monoisotopic (exact) mass is 293 g/mol. The average Bonchev–Trinajstić information content (AvgIpc) is 2.60. The van der Waals surface area contributed by atoms with Crippen LogP contribution in [0.2, 0.25) is 0 Å². The van der Waals surface area contributed by atoms with Crippen molar-refractivity contribution in [3.05, 3.63) is 52.3 Å². The van der Waals surface area contributed by atoms with E-state index < -0.39 is 11.6 Å². The Kier molecular flexibility index (Phi) is 4.73. The molecule has 0 saturated carbocycles. The van der Waals surface area contributed by atoms with Crippen molar-refractivity contribution in [3.8, 4) is 0 Å². The van der Waals surface area contributed by atoms with Crippen molar-refractivity contribution < 1.29 is 8.78 Å². The number of rotatable bonds is 5. The van der Waals surface area contributed by atoms with E-state index in [2.05, 4.69) is 5.10 Å². The molecule has 114 valence electrons. The van der Waals surface area contributed by atoms with E-state index in [0.29, 0.717) is 12.0 Å². The van der Waals surface area contributed by atoms with E-state index in [1.54, 1.807) is 0 Å². The summed E-state index contributed by atoms with van der Waals surface area (Å²) in [5.41, 5.74) is 10.0. The van der Waals surface area contributed by atoms with Gasteiger partial charge in [0.25, 0.3) is 0 Å². The Bertz CT molecular complexity index is 614. The number of nitrogens with two attached hydrogens (primary N) is 1. The summed E-state index contributed by atoms with van der Waals surface area (Å²) in [5.74, 6) is -1.12. The van der Waals surface area contributed by atoms with Crippen molar-refractivity contribution in [3.63, 3.8) is 0 Å². The minimum Gasteiger partial charge on any atom is -0.327 e. The first-order valence-corrected chi connectivity index (χ1v) is 7.06. The largest absolute Gasteiger partial charge is 0.327 e. The van der Waals surface area contributed by atoms with Crippen LogP contribution < -0.4 is 5.73 Å². The van der Waals surface area contributed by atoms with Crippen LogP contribution in [0.15, 0.2) is 18.2 Å². The van der Waals surface area contributed by atoms with Crippen LogP contribution in [0.4, 0.5) is 8.78 Å². The maximum Gasteiger partial charge on any atom is 0.126 e. The summed E-state index contributed by atoms with van der Waals surface area (Å²) in [7, 11) is 1.92. The van der Waals surface area contributed by atoms with Crippen molar-refractivity contribution >= 4 is 0 Å². The number of aromatic nitrogens is 2. The van der Waals surface area contributed by atoms with Gasteiger partial charge in [0.15, 0.2) is 0 Å². The number of benzene rings is 1. The predicted molar refractivity (Wildman–Crippen MR) is 79.0 cm³/mol. The molecule has 1 atom stereocenters. The third-order valence-corrected chi connectivity index (χ3v) is 3.84. The van der Waals surface area contributed by atoms with Gasteiger partial charge in [-0.3, -0.25) is 4.68 Å². The van der Waals surface area contributed by atoms with Crippen LogP contribution in [0.3, 0.4) is 0 Å². The van der Waals surface area contributed by atoms with E-state index in [1.165, 1.54) is 17.7 Å². The average molecular weight is 293 g/mol. The smallest absolute Gasteiger partial charge is 0.126 e. The summed E-state index contributed by atoms with van der Waals surface area (Å²) in [4.78, 5) is 0. The van der Waals surface area contributed by atoms with E-state index in [1.807, 2.05) is 25.6 Å². The first kappa shape index (κ1) is 15.6. The molecule has 0 amide bonds. The van der Waals surface area contributed by atoms with Gasteiger partial charge in [0.2, 0.25) is 0 Å². The van der Waals surface area contributed by atoms with Crippen molar-refractivity contribution in [1.29, 1.82) is 0 Å². The Morgan fingerprint density at radius 3 is 2.33 bits per heavy atom. The number of nitrogens with zero attached hydrogens (tertiary/aromatic N) is 2. The Morgan fingerprint density at radius 1 is 1.19 bits per heavy atom. The van der Waals surface area contributed by atoms with Crippen LogP contribution in [0.25, 0.3) is 0 Å². The molecule has 0 fully saturated rings. The molecule has 1 aromatic carbocycles. The molecule has 21 heavy (non-hydrogen) atoms. The molecule has 0 radical (unpaired) electrons. The summed E-state index contributed by atoms with van der Waals surface area (Å²) in [6.45, 7) is 4.01. The van der Waals surface area contributed by atoms with Gasteiger partial charge in [-0.05, 0) is 56.4 Å². The Labute approximate surface area is 123 Å². The highest BCUT2D eigenvalue weighted by molar-refractivity contribution is 5.25. The standard InChI is InChI=1S/C16H21F2N3/c1-10-16(11(2)21(3)20-10)5-4-15(19)8-12-6-13(17)9-14(18)7-12/h6-7,9,15H,4-5,8,19H2,1-3H3. The number of aryl methyl sites for hydroxylation is 2. The SMILES string of the molecule is Cc1nn(C)c(C)c1CCC(N)Cc1cc(F)cc(F)c1. The zero-order valence-electron chi connectivity index (χ0n) is 12.7. The highest BCUT2D eigenvalue weighted by Crippen LogP contribution is 2.16. The van der Waals surface area contributed by atoms with Crippen LogP contribution >= 0.6 is 0 Å². The summed E-state index contributed by atoms with van der Waals surface area (Å²) in [6, 6.07) is 3.41. The van der Waals surface area contributed by atoms with Gasteiger partial charge in [-0.25, -0.2) is 8.78 Å². The third kappa shape index (κ3) is 3.88. The molecule has 1 aromatic heterocycles.